The van der Waals surface area contributed by atoms with Gasteiger partial charge in [-0.15, -0.1) is 5.10 Å². The molecule has 0 aliphatic carbocycles. The first kappa shape index (κ1) is 10.3. The maximum atomic E-state index is 10.8. The molecule has 0 aliphatic rings. The molecule has 74 valence electrons. The van der Waals surface area contributed by atoms with E-state index in [9.17, 15) is 8.42 Å². The highest BCUT2D eigenvalue weighted by molar-refractivity contribution is 7.99. The second kappa shape index (κ2) is 3.97. The minimum absolute atomic E-state index is 0.151. The average Bonchev–Trinajstić information content (AvgIpc) is 2.33. The summed E-state index contributed by atoms with van der Waals surface area (Å²) in [4.78, 5) is 3.89. The van der Waals surface area contributed by atoms with Gasteiger partial charge >= 0.3 is 0 Å². The molecule has 0 saturated heterocycles. The molecule has 1 aromatic heterocycles. The van der Waals surface area contributed by atoms with Gasteiger partial charge in [-0.25, -0.2) is 13.5 Å². The fourth-order valence-corrected chi connectivity index (χ4v) is 1.63. The van der Waals surface area contributed by atoms with E-state index in [1.54, 1.807) is 0 Å². The number of aromatic nitrogens is 3. The molecule has 8 heteroatoms. The Morgan fingerprint density at radius 3 is 2.85 bits per heavy atom. The Morgan fingerprint density at radius 1 is 1.62 bits per heavy atom. The predicted octanol–water partition coefficient (Wildman–Crippen LogP) is 0.288. The molecule has 0 radical (unpaired) electrons. The van der Waals surface area contributed by atoms with Crippen LogP contribution in [0.5, 0.6) is 0 Å². The lowest BCUT2D eigenvalue weighted by Crippen LogP contribution is -2.10. The molecule has 0 aliphatic heterocycles. The number of hydrogen-bond donors (Lipinski definition) is 2. The van der Waals surface area contributed by atoms with E-state index in [0.717, 1.165) is 12.0 Å². The normalized spacial score (nSPS) is 11.5. The van der Waals surface area contributed by atoms with Crippen LogP contribution in [-0.2, 0) is 10.0 Å². The number of hydrogen-bond acceptors (Lipinski definition) is 5. The van der Waals surface area contributed by atoms with Gasteiger partial charge in [-0.3, -0.25) is 4.72 Å². The highest BCUT2D eigenvalue weighted by Gasteiger charge is 2.06. The first-order valence-corrected chi connectivity index (χ1v) is 6.42. The zero-order valence-electron chi connectivity index (χ0n) is 7.23. The molecule has 0 bridgehead atoms. The molecule has 13 heavy (non-hydrogen) atoms. The van der Waals surface area contributed by atoms with Crippen LogP contribution in [0, 0.1) is 0 Å². The van der Waals surface area contributed by atoms with E-state index in [1.807, 2.05) is 6.92 Å². The third-order valence-electron chi connectivity index (χ3n) is 1.02. The number of thioether (sulfide) groups is 1. The zero-order valence-corrected chi connectivity index (χ0v) is 8.87. The maximum Gasteiger partial charge on any atom is 0.233 e. The van der Waals surface area contributed by atoms with Gasteiger partial charge in [-0.1, -0.05) is 18.7 Å². The van der Waals surface area contributed by atoms with Gasteiger partial charge in [0, 0.05) is 0 Å². The fourth-order valence-electron chi connectivity index (χ4n) is 0.661. The van der Waals surface area contributed by atoms with Crippen LogP contribution in [0.3, 0.4) is 0 Å². The lowest BCUT2D eigenvalue weighted by atomic mass is 11.0. The van der Waals surface area contributed by atoms with Crippen molar-refractivity contribution in [3.05, 3.63) is 0 Å². The van der Waals surface area contributed by atoms with E-state index in [2.05, 4.69) is 19.9 Å². The monoisotopic (exact) mass is 222 g/mol. The lowest BCUT2D eigenvalue weighted by molar-refractivity contribution is 0.606. The SMILES string of the molecule is CCSc1n[nH]c(NS(C)(=O)=O)n1. The smallest absolute Gasteiger partial charge is 0.233 e. The van der Waals surface area contributed by atoms with Gasteiger partial charge in [-0.2, -0.15) is 4.98 Å². The topological polar surface area (TPSA) is 87.7 Å². The van der Waals surface area contributed by atoms with Crippen molar-refractivity contribution < 1.29 is 8.42 Å². The highest BCUT2D eigenvalue weighted by atomic mass is 32.2. The maximum absolute atomic E-state index is 10.8. The lowest BCUT2D eigenvalue weighted by Gasteiger charge is -1.95. The summed E-state index contributed by atoms with van der Waals surface area (Å²) >= 11 is 1.43. The zero-order chi connectivity index (χ0) is 9.90. The third kappa shape index (κ3) is 3.64. The summed E-state index contributed by atoms with van der Waals surface area (Å²) in [5, 5.41) is 6.80. The molecule has 0 unspecified atom stereocenters. The van der Waals surface area contributed by atoms with Crippen molar-refractivity contribution in [2.75, 3.05) is 16.7 Å². The van der Waals surface area contributed by atoms with Crippen LogP contribution in [0.4, 0.5) is 5.95 Å². The Bertz CT molecular complexity index is 372. The Morgan fingerprint density at radius 2 is 2.31 bits per heavy atom. The van der Waals surface area contributed by atoms with E-state index in [0.29, 0.717) is 5.16 Å². The van der Waals surface area contributed by atoms with Crippen molar-refractivity contribution in [1.29, 1.82) is 0 Å². The molecule has 6 nitrogen and oxygen atoms in total. The first-order valence-electron chi connectivity index (χ1n) is 3.54. The number of rotatable bonds is 4. The first-order chi connectivity index (χ1) is 6.01. The number of nitrogens with zero attached hydrogens (tertiary/aromatic N) is 2. The Labute approximate surface area is 80.6 Å². The van der Waals surface area contributed by atoms with E-state index in [4.69, 9.17) is 0 Å². The Balaban J connectivity index is 2.69. The summed E-state index contributed by atoms with van der Waals surface area (Å²) in [6.45, 7) is 1.96. The van der Waals surface area contributed by atoms with Crippen molar-refractivity contribution in [3.8, 4) is 0 Å². The third-order valence-corrected chi connectivity index (χ3v) is 2.31. The molecule has 1 aromatic rings. The number of nitrogens with one attached hydrogen (secondary N) is 2. The van der Waals surface area contributed by atoms with Crippen molar-refractivity contribution in [1.82, 2.24) is 15.2 Å². The number of anilines is 1. The molecule has 0 atom stereocenters. The van der Waals surface area contributed by atoms with Gasteiger partial charge in [-0.05, 0) is 5.75 Å². The number of aromatic amines is 1. The van der Waals surface area contributed by atoms with Gasteiger partial charge in [0.05, 0.1) is 6.26 Å². The van der Waals surface area contributed by atoms with Gasteiger partial charge in [0.1, 0.15) is 0 Å². The summed E-state index contributed by atoms with van der Waals surface area (Å²) in [7, 11) is -3.27. The van der Waals surface area contributed by atoms with Gasteiger partial charge in [0.2, 0.25) is 21.1 Å². The van der Waals surface area contributed by atoms with Gasteiger partial charge in [0.25, 0.3) is 0 Å². The highest BCUT2D eigenvalue weighted by Crippen LogP contribution is 2.12. The van der Waals surface area contributed by atoms with Crippen LogP contribution >= 0.6 is 11.8 Å². The minimum atomic E-state index is -3.27. The molecule has 0 amide bonds. The summed E-state index contributed by atoms with van der Waals surface area (Å²) in [6, 6.07) is 0. The summed E-state index contributed by atoms with van der Waals surface area (Å²) in [6.07, 6.45) is 1.06. The average molecular weight is 222 g/mol. The molecule has 1 heterocycles. The van der Waals surface area contributed by atoms with Crippen molar-refractivity contribution >= 4 is 27.7 Å². The van der Waals surface area contributed by atoms with E-state index >= 15 is 0 Å². The largest absolute Gasteiger partial charge is 0.252 e. The van der Waals surface area contributed by atoms with Crippen LogP contribution in [-0.4, -0.2) is 35.6 Å². The van der Waals surface area contributed by atoms with Gasteiger partial charge < -0.3 is 0 Å². The molecular weight excluding hydrogens is 212 g/mol. The molecule has 0 fully saturated rings. The molecule has 0 saturated carbocycles. The molecule has 2 N–H and O–H groups in total. The second-order valence-corrected chi connectivity index (χ2v) is 5.25. The molecule has 0 spiro atoms. The summed E-state index contributed by atoms with van der Waals surface area (Å²) in [5.74, 6) is 0.995. The quantitative estimate of drug-likeness (QED) is 0.715. The predicted molar refractivity (Wildman–Crippen MR) is 51.2 cm³/mol. The standard InChI is InChI=1S/C5H10N4O2S2/c1-3-12-5-6-4(7-8-5)9-13(2,10)11/h3H2,1-2H3,(H2,6,7,8,9). The summed E-state index contributed by atoms with van der Waals surface area (Å²) in [5.41, 5.74) is 0. The van der Waals surface area contributed by atoms with Gasteiger partial charge in [0.15, 0.2) is 0 Å². The number of H-pyrrole nitrogens is 1. The number of sulfonamides is 1. The van der Waals surface area contributed by atoms with Crippen LogP contribution in [0.2, 0.25) is 0 Å². The molecular formula is C5H10N4O2S2. The van der Waals surface area contributed by atoms with Crippen molar-refractivity contribution in [2.45, 2.75) is 12.1 Å². The van der Waals surface area contributed by atoms with E-state index in [-0.39, 0.29) is 5.95 Å². The van der Waals surface area contributed by atoms with Crippen LogP contribution in [0.1, 0.15) is 6.92 Å². The Kier molecular flexibility index (Phi) is 3.15. The van der Waals surface area contributed by atoms with E-state index in [1.165, 1.54) is 11.8 Å². The molecule has 1 rings (SSSR count). The summed E-state index contributed by atoms with van der Waals surface area (Å²) < 4.78 is 23.7. The Hall–Kier alpha value is -0.760. The van der Waals surface area contributed by atoms with Crippen molar-refractivity contribution in [2.24, 2.45) is 0 Å². The minimum Gasteiger partial charge on any atom is -0.252 e. The molecule has 0 aromatic carbocycles. The van der Waals surface area contributed by atoms with E-state index < -0.39 is 10.0 Å². The van der Waals surface area contributed by atoms with Crippen LogP contribution in [0.15, 0.2) is 5.16 Å². The second-order valence-electron chi connectivity index (χ2n) is 2.27. The van der Waals surface area contributed by atoms with Crippen molar-refractivity contribution in [3.63, 3.8) is 0 Å². The van der Waals surface area contributed by atoms with Crippen LogP contribution in [0.25, 0.3) is 0 Å². The fraction of sp³-hybridized carbons (Fsp3) is 0.600. The van der Waals surface area contributed by atoms with Crippen LogP contribution < -0.4 is 4.72 Å².